The van der Waals surface area contributed by atoms with Crippen LogP contribution in [0.5, 0.6) is 0 Å². The molecular formula is C76H138O6. The SMILES string of the molecule is CC/C=C\C/C=C\C/C=C\C/C=C\C/C=C\CCCCCCCCCCCCCCCC(=O)OCC(COC(=O)CCCCCCCCCCCCCCCCCCC)OC(=O)CCCCCCCCCCCCCCCCCCCC. The quantitative estimate of drug-likeness (QED) is 0.0261. The van der Waals surface area contributed by atoms with E-state index in [-0.39, 0.29) is 31.1 Å². The maximum atomic E-state index is 13.0. The zero-order chi connectivity index (χ0) is 59.2. The normalized spacial score (nSPS) is 12.4. The molecule has 0 aliphatic heterocycles. The number of unbranched alkanes of at least 4 members (excludes halogenated alkanes) is 46. The fourth-order valence-corrected chi connectivity index (χ4v) is 10.9. The van der Waals surface area contributed by atoms with Crippen molar-refractivity contribution in [2.24, 2.45) is 0 Å². The van der Waals surface area contributed by atoms with Gasteiger partial charge < -0.3 is 14.2 Å². The van der Waals surface area contributed by atoms with Gasteiger partial charge in [-0.1, -0.05) is 364 Å². The molecule has 0 aliphatic rings. The molecule has 0 amide bonds. The summed E-state index contributed by atoms with van der Waals surface area (Å²) < 4.78 is 17.0. The van der Waals surface area contributed by atoms with Crippen molar-refractivity contribution in [3.63, 3.8) is 0 Å². The van der Waals surface area contributed by atoms with E-state index in [2.05, 4.69) is 81.5 Å². The van der Waals surface area contributed by atoms with Crippen molar-refractivity contribution in [3.05, 3.63) is 60.8 Å². The van der Waals surface area contributed by atoms with E-state index in [1.165, 1.54) is 257 Å². The minimum absolute atomic E-state index is 0.0671. The summed E-state index contributed by atoms with van der Waals surface area (Å²) >= 11 is 0. The predicted molar refractivity (Wildman–Crippen MR) is 358 cm³/mol. The Morgan fingerprint density at radius 2 is 0.476 bits per heavy atom. The number of hydrogen-bond donors (Lipinski definition) is 0. The van der Waals surface area contributed by atoms with Gasteiger partial charge in [0.15, 0.2) is 6.10 Å². The van der Waals surface area contributed by atoms with Gasteiger partial charge in [-0.25, -0.2) is 0 Å². The number of hydrogen-bond acceptors (Lipinski definition) is 6. The van der Waals surface area contributed by atoms with Crippen molar-refractivity contribution in [1.29, 1.82) is 0 Å². The highest BCUT2D eigenvalue weighted by Gasteiger charge is 2.19. The van der Waals surface area contributed by atoms with Gasteiger partial charge in [0.1, 0.15) is 13.2 Å². The van der Waals surface area contributed by atoms with Gasteiger partial charge >= 0.3 is 17.9 Å². The van der Waals surface area contributed by atoms with Crippen LogP contribution in [-0.4, -0.2) is 37.2 Å². The van der Waals surface area contributed by atoms with E-state index >= 15 is 0 Å². The van der Waals surface area contributed by atoms with Crippen LogP contribution in [0.15, 0.2) is 60.8 Å². The third-order valence-electron chi connectivity index (χ3n) is 16.3. The molecule has 0 aromatic rings. The van der Waals surface area contributed by atoms with Crippen molar-refractivity contribution in [1.82, 2.24) is 0 Å². The van der Waals surface area contributed by atoms with Crippen molar-refractivity contribution in [2.75, 3.05) is 13.2 Å². The number of rotatable bonds is 67. The molecule has 1 atom stereocenters. The van der Waals surface area contributed by atoms with Gasteiger partial charge in [-0.2, -0.15) is 0 Å². The maximum absolute atomic E-state index is 13.0. The van der Waals surface area contributed by atoms with E-state index in [4.69, 9.17) is 14.2 Å². The summed E-state index contributed by atoms with van der Waals surface area (Å²) in [5, 5.41) is 0. The first kappa shape index (κ1) is 79.1. The summed E-state index contributed by atoms with van der Waals surface area (Å²) in [5.74, 6) is -0.838. The van der Waals surface area contributed by atoms with E-state index in [9.17, 15) is 14.4 Å². The molecule has 0 aromatic carbocycles. The van der Waals surface area contributed by atoms with Gasteiger partial charge in [-0.05, 0) is 64.2 Å². The predicted octanol–water partition coefficient (Wildman–Crippen LogP) is 25.1. The maximum Gasteiger partial charge on any atom is 0.306 e. The van der Waals surface area contributed by atoms with E-state index in [1.54, 1.807) is 0 Å². The van der Waals surface area contributed by atoms with Crippen molar-refractivity contribution >= 4 is 17.9 Å². The average molecular weight is 1150 g/mol. The first-order valence-corrected chi connectivity index (χ1v) is 36.3. The van der Waals surface area contributed by atoms with Crippen molar-refractivity contribution < 1.29 is 28.6 Å². The standard InChI is InChI=1S/C76H138O6/c1-4-7-10-13-16-19-22-25-28-31-33-34-35-36-37-38-39-40-41-42-43-46-48-51-54-57-60-63-66-69-75(78)81-72-73(71-80-74(77)68-65-62-59-56-53-50-47-44-30-27-24-21-18-15-12-9-6-3)82-76(79)70-67-64-61-58-55-52-49-45-32-29-26-23-20-17-14-11-8-5-2/h7,10,16,19,25,28,33-34,36-37,73H,4-6,8-9,11-15,17-18,20-24,26-27,29-32,35,38-72H2,1-3H3/b10-7-,19-16-,28-25-,34-33-,37-36-. The molecule has 0 radical (unpaired) electrons. The van der Waals surface area contributed by atoms with Crippen LogP contribution in [0.3, 0.4) is 0 Å². The van der Waals surface area contributed by atoms with Crippen LogP contribution in [0.25, 0.3) is 0 Å². The molecule has 1 unspecified atom stereocenters. The Balaban J connectivity index is 4.26. The lowest BCUT2D eigenvalue weighted by Gasteiger charge is -2.18. The first-order valence-electron chi connectivity index (χ1n) is 36.3. The Kier molecular flexibility index (Phi) is 68.1. The van der Waals surface area contributed by atoms with Gasteiger partial charge in [0, 0.05) is 19.3 Å². The summed E-state index contributed by atoms with van der Waals surface area (Å²) in [6.45, 7) is 6.60. The first-order chi connectivity index (χ1) is 40.5. The minimum atomic E-state index is -0.772. The van der Waals surface area contributed by atoms with Crippen LogP contribution in [-0.2, 0) is 28.6 Å². The number of ether oxygens (including phenoxy) is 3. The van der Waals surface area contributed by atoms with Crippen molar-refractivity contribution in [2.45, 2.75) is 393 Å². The van der Waals surface area contributed by atoms with E-state index in [0.717, 1.165) is 89.9 Å². The van der Waals surface area contributed by atoms with Crippen LogP contribution >= 0.6 is 0 Å². The Hall–Kier alpha value is -2.89. The highest BCUT2D eigenvalue weighted by Crippen LogP contribution is 2.19. The van der Waals surface area contributed by atoms with E-state index < -0.39 is 6.10 Å². The second-order valence-corrected chi connectivity index (χ2v) is 24.5. The molecule has 0 fully saturated rings. The molecule has 0 saturated heterocycles. The molecule has 0 heterocycles. The Labute approximate surface area is 510 Å². The minimum Gasteiger partial charge on any atom is -0.462 e. The molecule has 6 heteroatoms. The Bertz CT molecular complexity index is 1460. The summed E-state index contributed by atoms with van der Waals surface area (Å²) in [7, 11) is 0. The van der Waals surface area contributed by atoms with Gasteiger partial charge in [0.05, 0.1) is 0 Å². The van der Waals surface area contributed by atoms with Gasteiger partial charge in [0.2, 0.25) is 0 Å². The number of esters is 3. The second kappa shape index (κ2) is 70.6. The van der Waals surface area contributed by atoms with Crippen LogP contribution in [0.4, 0.5) is 0 Å². The monoisotopic (exact) mass is 1150 g/mol. The summed E-state index contributed by atoms with van der Waals surface area (Å²) in [6.07, 6.45) is 91.0. The molecule has 478 valence electrons. The second-order valence-electron chi connectivity index (χ2n) is 24.5. The molecule has 0 spiro atoms. The summed E-state index contributed by atoms with van der Waals surface area (Å²) in [5.41, 5.74) is 0. The zero-order valence-electron chi connectivity index (χ0n) is 55.0. The molecule has 0 saturated carbocycles. The summed E-state index contributed by atoms with van der Waals surface area (Å²) in [4.78, 5) is 38.5. The lowest BCUT2D eigenvalue weighted by molar-refractivity contribution is -0.167. The lowest BCUT2D eigenvalue weighted by atomic mass is 10.0. The highest BCUT2D eigenvalue weighted by molar-refractivity contribution is 5.71. The topological polar surface area (TPSA) is 78.9 Å². The van der Waals surface area contributed by atoms with E-state index in [0.29, 0.717) is 19.3 Å². The lowest BCUT2D eigenvalue weighted by Crippen LogP contribution is -2.30. The third kappa shape index (κ3) is 67.9. The average Bonchev–Trinajstić information content (AvgIpc) is 3.47. The number of carbonyl (C=O) groups is 3. The van der Waals surface area contributed by atoms with Crippen LogP contribution in [0.2, 0.25) is 0 Å². The third-order valence-corrected chi connectivity index (χ3v) is 16.3. The van der Waals surface area contributed by atoms with Gasteiger partial charge in [0.25, 0.3) is 0 Å². The Morgan fingerprint density at radius 3 is 0.744 bits per heavy atom. The van der Waals surface area contributed by atoms with Crippen LogP contribution in [0.1, 0.15) is 387 Å². The number of allylic oxidation sites excluding steroid dienone is 10. The molecule has 0 bridgehead atoms. The highest BCUT2D eigenvalue weighted by atomic mass is 16.6. The molecule has 0 N–H and O–H groups in total. The molecule has 0 rings (SSSR count). The summed E-state index contributed by atoms with van der Waals surface area (Å²) in [6, 6.07) is 0. The Morgan fingerprint density at radius 1 is 0.256 bits per heavy atom. The van der Waals surface area contributed by atoms with Gasteiger partial charge in [-0.15, -0.1) is 0 Å². The molecule has 0 aliphatic carbocycles. The van der Waals surface area contributed by atoms with E-state index in [1.807, 2.05) is 0 Å². The molecule has 0 aromatic heterocycles. The van der Waals surface area contributed by atoms with Crippen LogP contribution in [0, 0.1) is 0 Å². The van der Waals surface area contributed by atoms with Crippen molar-refractivity contribution in [3.8, 4) is 0 Å². The largest absolute Gasteiger partial charge is 0.462 e. The molecular weight excluding hydrogens is 1010 g/mol. The smallest absolute Gasteiger partial charge is 0.306 e. The van der Waals surface area contributed by atoms with Gasteiger partial charge in [-0.3, -0.25) is 14.4 Å². The molecule has 6 nitrogen and oxygen atoms in total. The molecule has 82 heavy (non-hydrogen) atoms. The fraction of sp³-hybridized carbons (Fsp3) is 0.829. The fourth-order valence-electron chi connectivity index (χ4n) is 10.9. The van der Waals surface area contributed by atoms with Crippen LogP contribution < -0.4 is 0 Å². The zero-order valence-corrected chi connectivity index (χ0v) is 55.0. The number of carbonyl (C=O) groups excluding carboxylic acids is 3.